The van der Waals surface area contributed by atoms with Crippen molar-refractivity contribution in [3.8, 4) is 0 Å². The van der Waals surface area contributed by atoms with E-state index in [2.05, 4.69) is 0 Å². The van der Waals surface area contributed by atoms with Crippen LogP contribution >= 0.6 is 0 Å². The minimum Gasteiger partial charge on any atom is -0.861 e. The van der Waals surface area contributed by atoms with Crippen molar-refractivity contribution in [2.24, 2.45) is 0 Å². The van der Waals surface area contributed by atoms with Gasteiger partial charge in [0.25, 0.3) is 0 Å². The number of likely N-dealkylation sites (tertiary alicyclic amines) is 1. The molecule has 0 bridgehead atoms. The average Bonchev–Trinajstić information content (AvgIpc) is 2.37. The van der Waals surface area contributed by atoms with Crippen molar-refractivity contribution in [3.63, 3.8) is 0 Å². The molecule has 0 aromatic rings. The number of nitrogens with zero attached hydrogens (tertiary/aromatic N) is 1. The Morgan fingerprint density at radius 2 is 1.90 bits per heavy atom. The molecule has 0 N–H and O–H groups in total. The van der Waals surface area contributed by atoms with E-state index in [-0.39, 0.29) is 24.7 Å². The van der Waals surface area contributed by atoms with Crippen LogP contribution in [-0.4, -0.2) is 18.0 Å². The second kappa shape index (κ2) is 4.71. The standard InChI is InChI=1S/C7H13NO.Li/c1-2-7(9)8-5-3-4-6-8;/h2,9H,3-6H2,1H3;/q;+1/p-1/b7-2-;. The first kappa shape index (κ1) is 9.94. The van der Waals surface area contributed by atoms with Crippen LogP contribution < -0.4 is 24.0 Å². The molecule has 1 saturated heterocycles. The molecule has 0 aliphatic carbocycles. The number of allylic oxidation sites excluding steroid dienone is 1. The van der Waals surface area contributed by atoms with Gasteiger partial charge in [-0.2, -0.15) is 0 Å². The second-order valence-corrected chi connectivity index (χ2v) is 2.32. The van der Waals surface area contributed by atoms with E-state index in [1.807, 2.05) is 4.90 Å². The van der Waals surface area contributed by atoms with E-state index < -0.39 is 0 Å². The quantitative estimate of drug-likeness (QED) is 0.287. The third kappa shape index (κ3) is 2.28. The Balaban J connectivity index is 0.000000810. The summed E-state index contributed by atoms with van der Waals surface area (Å²) >= 11 is 0. The zero-order valence-corrected chi connectivity index (χ0v) is 6.76. The summed E-state index contributed by atoms with van der Waals surface area (Å²) in [5.41, 5.74) is 0. The van der Waals surface area contributed by atoms with E-state index in [0.29, 0.717) is 0 Å². The van der Waals surface area contributed by atoms with Gasteiger partial charge in [-0.1, -0.05) is 6.08 Å². The van der Waals surface area contributed by atoms with Gasteiger partial charge in [0.15, 0.2) is 0 Å². The van der Waals surface area contributed by atoms with Gasteiger partial charge in [-0.25, -0.2) is 0 Å². The maximum absolute atomic E-state index is 10.9. The van der Waals surface area contributed by atoms with Crippen molar-refractivity contribution >= 4 is 0 Å². The predicted octanol–water partition coefficient (Wildman–Crippen LogP) is -2.69. The van der Waals surface area contributed by atoms with Crippen LogP contribution in [0.25, 0.3) is 0 Å². The Labute approximate surface area is 74.1 Å². The van der Waals surface area contributed by atoms with Crippen LogP contribution in [0.5, 0.6) is 0 Å². The molecule has 0 aromatic heterocycles. The van der Waals surface area contributed by atoms with E-state index >= 15 is 0 Å². The molecule has 0 spiro atoms. The van der Waals surface area contributed by atoms with Crippen LogP contribution in [0.3, 0.4) is 0 Å². The van der Waals surface area contributed by atoms with Gasteiger partial charge in [0.1, 0.15) is 0 Å². The average molecular weight is 133 g/mol. The molecule has 0 saturated carbocycles. The molecular weight excluding hydrogens is 121 g/mol. The minimum absolute atomic E-state index is 0. The molecule has 0 unspecified atom stereocenters. The smallest absolute Gasteiger partial charge is 0.861 e. The van der Waals surface area contributed by atoms with Crippen molar-refractivity contribution in [2.45, 2.75) is 19.8 Å². The number of hydrogen-bond donors (Lipinski definition) is 0. The van der Waals surface area contributed by atoms with E-state index in [9.17, 15) is 5.11 Å². The zero-order chi connectivity index (χ0) is 6.69. The van der Waals surface area contributed by atoms with Crippen molar-refractivity contribution in [3.05, 3.63) is 12.0 Å². The van der Waals surface area contributed by atoms with Crippen LogP contribution in [0.4, 0.5) is 0 Å². The van der Waals surface area contributed by atoms with Gasteiger partial charge >= 0.3 is 18.9 Å². The first-order chi connectivity index (χ1) is 4.34. The van der Waals surface area contributed by atoms with Crippen LogP contribution in [0, 0.1) is 0 Å². The summed E-state index contributed by atoms with van der Waals surface area (Å²) < 4.78 is 0. The molecule has 0 amide bonds. The van der Waals surface area contributed by atoms with Crippen molar-refractivity contribution < 1.29 is 24.0 Å². The second-order valence-electron chi connectivity index (χ2n) is 2.32. The maximum Gasteiger partial charge on any atom is 1.00 e. The first-order valence-corrected chi connectivity index (χ1v) is 3.43. The van der Waals surface area contributed by atoms with Gasteiger partial charge in [-0.15, -0.1) is 0 Å². The molecule has 2 nitrogen and oxygen atoms in total. The van der Waals surface area contributed by atoms with E-state index in [4.69, 9.17) is 0 Å². The van der Waals surface area contributed by atoms with E-state index in [1.165, 1.54) is 12.8 Å². The van der Waals surface area contributed by atoms with E-state index in [1.54, 1.807) is 13.0 Å². The summed E-state index contributed by atoms with van der Waals surface area (Å²) in [5, 5.41) is 10.9. The van der Waals surface area contributed by atoms with Gasteiger partial charge in [-0.05, 0) is 25.6 Å². The molecular formula is C7H12LiNO. The summed E-state index contributed by atoms with van der Waals surface area (Å²) in [5.74, 6) is 0.188. The van der Waals surface area contributed by atoms with Crippen molar-refractivity contribution in [1.82, 2.24) is 4.90 Å². The Morgan fingerprint density at radius 3 is 2.30 bits per heavy atom. The number of hydrogen-bond acceptors (Lipinski definition) is 2. The Morgan fingerprint density at radius 1 is 1.40 bits per heavy atom. The molecule has 0 aromatic carbocycles. The maximum atomic E-state index is 10.9. The Hall–Kier alpha value is -0.0626. The minimum atomic E-state index is 0. The van der Waals surface area contributed by atoms with Crippen LogP contribution in [0.2, 0.25) is 0 Å². The fourth-order valence-electron chi connectivity index (χ4n) is 1.12. The monoisotopic (exact) mass is 133 g/mol. The topological polar surface area (TPSA) is 26.3 Å². The molecule has 10 heavy (non-hydrogen) atoms. The largest absolute Gasteiger partial charge is 1.00 e. The van der Waals surface area contributed by atoms with Gasteiger partial charge in [0.05, 0.1) is 0 Å². The molecule has 1 aliphatic rings. The third-order valence-electron chi connectivity index (χ3n) is 1.66. The first-order valence-electron chi connectivity index (χ1n) is 3.43. The normalized spacial score (nSPS) is 18.9. The molecule has 1 fully saturated rings. The molecule has 1 aliphatic heterocycles. The van der Waals surface area contributed by atoms with Crippen LogP contribution in [0.1, 0.15) is 19.8 Å². The zero-order valence-electron chi connectivity index (χ0n) is 6.76. The third-order valence-corrected chi connectivity index (χ3v) is 1.66. The fraction of sp³-hybridized carbons (Fsp3) is 0.714. The summed E-state index contributed by atoms with van der Waals surface area (Å²) in [6.07, 6.45) is 3.99. The van der Waals surface area contributed by atoms with Crippen molar-refractivity contribution in [1.29, 1.82) is 0 Å². The summed E-state index contributed by atoms with van der Waals surface area (Å²) in [6.45, 7) is 3.72. The van der Waals surface area contributed by atoms with Gasteiger partial charge in [-0.3, -0.25) is 0 Å². The van der Waals surface area contributed by atoms with Crippen molar-refractivity contribution in [2.75, 3.05) is 13.1 Å². The van der Waals surface area contributed by atoms with Crippen LogP contribution in [-0.2, 0) is 0 Å². The van der Waals surface area contributed by atoms with Gasteiger partial charge in [0, 0.05) is 13.1 Å². The van der Waals surface area contributed by atoms with Crippen LogP contribution in [0.15, 0.2) is 12.0 Å². The van der Waals surface area contributed by atoms with Gasteiger partial charge < -0.3 is 10.0 Å². The molecule has 52 valence electrons. The predicted molar refractivity (Wildman–Crippen MR) is 34.6 cm³/mol. The molecule has 1 heterocycles. The van der Waals surface area contributed by atoms with E-state index in [0.717, 1.165) is 13.1 Å². The van der Waals surface area contributed by atoms with Gasteiger partial charge in [0.2, 0.25) is 0 Å². The molecule has 1 rings (SSSR count). The number of rotatable bonds is 1. The Bertz CT molecular complexity index is 119. The molecule has 3 heteroatoms. The Kier molecular flexibility index (Phi) is 4.68. The SMILES string of the molecule is C/C=C(\[O-])N1CCCC1.[Li+]. The summed E-state index contributed by atoms with van der Waals surface area (Å²) in [4.78, 5) is 1.89. The molecule has 0 radical (unpaired) electrons. The molecule has 0 atom stereocenters. The fourth-order valence-corrected chi connectivity index (χ4v) is 1.12. The summed E-state index contributed by atoms with van der Waals surface area (Å²) in [7, 11) is 0. The summed E-state index contributed by atoms with van der Waals surface area (Å²) in [6, 6.07) is 0.